The quantitative estimate of drug-likeness (QED) is 0.825. The van der Waals surface area contributed by atoms with Crippen LogP contribution in [-0.4, -0.2) is 37.4 Å². The van der Waals surface area contributed by atoms with E-state index in [0.29, 0.717) is 25.6 Å². The number of nitrogens with zero attached hydrogens (tertiary/aromatic N) is 1. The standard InChI is InChI=1S/C12H17N3O3/c1-17-11-6-9(2-4-13-11)7-14-12(16)15-10-3-5-18-8-10/h2,4,6,10H,3,5,7-8H2,1H3,(H2,14,15,16). The predicted octanol–water partition coefficient (Wildman–Crippen LogP) is 0.678. The minimum absolute atomic E-state index is 0.122. The van der Waals surface area contributed by atoms with Gasteiger partial charge in [-0.2, -0.15) is 0 Å². The fourth-order valence-corrected chi connectivity index (χ4v) is 1.74. The van der Waals surface area contributed by atoms with E-state index in [-0.39, 0.29) is 12.1 Å². The SMILES string of the molecule is COc1cc(CNC(=O)NC2CCOC2)ccn1. The third kappa shape index (κ3) is 3.59. The summed E-state index contributed by atoms with van der Waals surface area (Å²) >= 11 is 0. The smallest absolute Gasteiger partial charge is 0.315 e. The molecule has 18 heavy (non-hydrogen) atoms. The van der Waals surface area contributed by atoms with Crippen LogP contribution in [0.25, 0.3) is 0 Å². The van der Waals surface area contributed by atoms with Gasteiger partial charge in [-0.25, -0.2) is 9.78 Å². The summed E-state index contributed by atoms with van der Waals surface area (Å²) in [5.41, 5.74) is 0.944. The summed E-state index contributed by atoms with van der Waals surface area (Å²) in [4.78, 5) is 15.6. The van der Waals surface area contributed by atoms with Gasteiger partial charge in [-0.3, -0.25) is 0 Å². The lowest BCUT2D eigenvalue weighted by Gasteiger charge is -2.12. The summed E-state index contributed by atoms with van der Waals surface area (Å²) in [6, 6.07) is 3.57. The lowest BCUT2D eigenvalue weighted by Crippen LogP contribution is -2.42. The van der Waals surface area contributed by atoms with Crippen LogP contribution in [0.4, 0.5) is 4.79 Å². The fourth-order valence-electron chi connectivity index (χ4n) is 1.74. The van der Waals surface area contributed by atoms with Crippen molar-refractivity contribution in [2.24, 2.45) is 0 Å². The molecule has 0 spiro atoms. The number of carbonyl (C=O) groups excluding carboxylic acids is 1. The molecule has 2 heterocycles. The molecule has 0 saturated carbocycles. The lowest BCUT2D eigenvalue weighted by atomic mass is 10.2. The highest BCUT2D eigenvalue weighted by atomic mass is 16.5. The second-order valence-corrected chi connectivity index (χ2v) is 4.09. The first-order chi connectivity index (χ1) is 8.78. The normalized spacial score (nSPS) is 18.4. The minimum atomic E-state index is -0.179. The van der Waals surface area contributed by atoms with Crippen molar-refractivity contribution in [3.05, 3.63) is 23.9 Å². The Morgan fingerprint density at radius 2 is 2.56 bits per heavy atom. The van der Waals surface area contributed by atoms with Crippen LogP contribution in [0.15, 0.2) is 18.3 Å². The summed E-state index contributed by atoms with van der Waals surface area (Å²) in [5, 5.41) is 5.64. The molecule has 0 aliphatic carbocycles. The highest BCUT2D eigenvalue weighted by molar-refractivity contribution is 5.74. The minimum Gasteiger partial charge on any atom is -0.481 e. The first kappa shape index (κ1) is 12.6. The van der Waals surface area contributed by atoms with E-state index in [1.807, 2.05) is 6.07 Å². The van der Waals surface area contributed by atoms with Crippen molar-refractivity contribution in [1.82, 2.24) is 15.6 Å². The molecule has 1 saturated heterocycles. The summed E-state index contributed by atoms with van der Waals surface area (Å²) in [5.74, 6) is 0.541. The molecule has 2 amide bonds. The molecule has 0 radical (unpaired) electrons. The van der Waals surface area contributed by atoms with Gasteiger partial charge >= 0.3 is 6.03 Å². The number of aromatic nitrogens is 1. The number of methoxy groups -OCH3 is 1. The Balaban J connectivity index is 1.77. The van der Waals surface area contributed by atoms with E-state index >= 15 is 0 Å². The maximum absolute atomic E-state index is 11.6. The summed E-state index contributed by atoms with van der Waals surface area (Å²) < 4.78 is 10.2. The Labute approximate surface area is 106 Å². The molecule has 1 aromatic rings. The average molecular weight is 251 g/mol. The molecular formula is C12H17N3O3. The van der Waals surface area contributed by atoms with Crippen LogP contribution in [0.3, 0.4) is 0 Å². The van der Waals surface area contributed by atoms with Crippen molar-refractivity contribution < 1.29 is 14.3 Å². The summed E-state index contributed by atoms with van der Waals surface area (Å²) in [6.07, 6.45) is 2.52. The van der Waals surface area contributed by atoms with Crippen LogP contribution in [-0.2, 0) is 11.3 Å². The molecule has 2 rings (SSSR count). The molecule has 1 fully saturated rings. The van der Waals surface area contributed by atoms with Gasteiger partial charge < -0.3 is 20.1 Å². The second-order valence-electron chi connectivity index (χ2n) is 4.09. The lowest BCUT2D eigenvalue weighted by molar-refractivity contribution is 0.188. The Bertz CT molecular complexity index is 405. The molecule has 2 N–H and O–H groups in total. The molecule has 6 nitrogen and oxygen atoms in total. The topological polar surface area (TPSA) is 72.5 Å². The third-order valence-corrected chi connectivity index (χ3v) is 2.73. The second kappa shape index (κ2) is 6.20. The number of rotatable bonds is 4. The van der Waals surface area contributed by atoms with Gasteiger partial charge in [0, 0.05) is 25.4 Å². The number of hydrogen-bond acceptors (Lipinski definition) is 4. The van der Waals surface area contributed by atoms with E-state index < -0.39 is 0 Å². The Kier molecular flexibility index (Phi) is 4.35. The van der Waals surface area contributed by atoms with E-state index in [4.69, 9.17) is 9.47 Å². The van der Waals surface area contributed by atoms with Gasteiger partial charge in [-0.1, -0.05) is 0 Å². The number of urea groups is 1. The highest BCUT2D eigenvalue weighted by Crippen LogP contribution is 2.08. The van der Waals surface area contributed by atoms with E-state index in [1.54, 1.807) is 19.4 Å². The largest absolute Gasteiger partial charge is 0.481 e. The van der Waals surface area contributed by atoms with Crippen LogP contribution in [0.2, 0.25) is 0 Å². The molecular weight excluding hydrogens is 234 g/mol. The van der Waals surface area contributed by atoms with E-state index in [0.717, 1.165) is 12.0 Å². The van der Waals surface area contributed by atoms with Crippen molar-refractivity contribution >= 4 is 6.03 Å². The number of pyridine rings is 1. The van der Waals surface area contributed by atoms with Crippen molar-refractivity contribution in [3.63, 3.8) is 0 Å². The van der Waals surface area contributed by atoms with Crippen molar-refractivity contribution in [2.75, 3.05) is 20.3 Å². The highest BCUT2D eigenvalue weighted by Gasteiger charge is 2.17. The monoisotopic (exact) mass is 251 g/mol. The van der Waals surface area contributed by atoms with E-state index in [9.17, 15) is 4.79 Å². The summed E-state index contributed by atoms with van der Waals surface area (Å²) in [6.45, 7) is 1.75. The maximum Gasteiger partial charge on any atom is 0.315 e. The van der Waals surface area contributed by atoms with E-state index in [1.165, 1.54) is 0 Å². The first-order valence-electron chi connectivity index (χ1n) is 5.89. The number of carbonyl (C=O) groups is 1. The fraction of sp³-hybridized carbons (Fsp3) is 0.500. The van der Waals surface area contributed by atoms with Crippen molar-refractivity contribution in [3.8, 4) is 5.88 Å². The van der Waals surface area contributed by atoms with Gasteiger partial charge in [0.05, 0.1) is 19.8 Å². The zero-order valence-corrected chi connectivity index (χ0v) is 10.3. The Morgan fingerprint density at radius 1 is 1.67 bits per heavy atom. The third-order valence-electron chi connectivity index (χ3n) is 2.73. The van der Waals surface area contributed by atoms with Gasteiger partial charge in [0.1, 0.15) is 0 Å². The molecule has 0 bridgehead atoms. The van der Waals surface area contributed by atoms with Crippen LogP contribution in [0, 0.1) is 0 Å². The van der Waals surface area contributed by atoms with Crippen LogP contribution in [0.1, 0.15) is 12.0 Å². The van der Waals surface area contributed by atoms with E-state index in [2.05, 4.69) is 15.6 Å². The van der Waals surface area contributed by atoms with Crippen LogP contribution >= 0.6 is 0 Å². The molecule has 98 valence electrons. The van der Waals surface area contributed by atoms with Gasteiger partial charge in [0.15, 0.2) is 0 Å². The number of nitrogens with one attached hydrogen (secondary N) is 2. The van der Waals surface area contributed by atoms with Gasteiger partial charge in [0.2, 0.25) is 5.88 Å². The number of hydrogen-bond donors (Lipinski definition) is 2. The van der Waals surface area contributed by atoms with Gasteiger partial charge in [-0.05, 0) is 18.1 Å². The predicted molar refractivity (Wildman–Crippen MR) is 65.4 cm³/mol. The van der Waals surface area contributed by atoms with Crippen LogP contribution < -0.4 is 15.4 Å². The molecule has 1 aliphatic heterocycles. The van der Waals surface area contributed by atoms with Gasteiger partial charge in [0.25, 0.3) is 0 Å². The molecule has 0 aromatic carbocycles. The van der Waals surface area contributed by atoms with Crippen molar-refractivity contribution in [1.29, 1.82) is 0 Å². The molecule has 1 unspecified atom stereocenters. The van der Waals surface area contributed by atoms with Crippen molar-refractivity contribution in [2.45, 2.75) is 19.0 Å². The Hall–Kier alpha value is -1.82. The molecule has 1 aromatic heterocycles. The summed E-state index contributed by atoms with van der Waals surface area (Å²) in [7, 11) is 1.56. The van der Waals surface area contributed by atoms with Crippen LogP contribution in [0.5, 0.6) is 5.88 Å². The van der Waals surface area contributed by atoms with Gasteiger partial charge in [-0.15, -0.1) is 0 Å². The molecule has 1 atom stereocenters. The first-order valence-corrected chi connectivity index (χ1v) is 5.89. The zero-order valence-electron chi connectivity index (χ0n) is 10.3. The average Bonchev–Trinajstić information content (AvgIpc) is 2.89. The number of ether oxygens (including phenoxy) is 2. The maximum atomic E-state index is 11.6. The number of amides is 2. The zero-order chi connectivity index (χ0) is 12.8. The molecule has 6 heteroatoms. The Morgan fingerprint density at radius 3 is 3.28 bits per heavy atom. The molecule has 1 aliphatic rings.